The number of furan rings is 1. The minimum Gasteiger partial charge on any atom is -0.468 e. The molecule has 1 aromatic carbocycles. The Hall–Kier alpha value is -3.11. The fourth-order valence-corrected chi connectivity index (χ4v) is 4.11. The zero-order valence-corrected chi connectivity index (χ0v) is 16.3. The molecule has 148 valence electrons. The van der Waals surface area contributed by atoms with Gasteiger partial charge >= 0.3 is 0 Å². The number of hydrazine groups is 1. The van der Waals surface area contributed by atoms with Crippen LogP contribution in [0, 0.1) is 6.92 Å². The number of benzene rings is 1. The van der Waals surface area contributed by atoms with Crippen LogP contribution in [0.25, 0.3) is 11.4 Å². The molecule has 0 spiro atoms. The van der Waals surface area contributed by atoms with Gasteiger partial charge in [0.15, 0.2) is 5.17 Å². The monoisotopic (exact) mass is 410 g/mol. The van der Waals surface area contributed by atoms with Crippen molar-refractivity contribution < 1.29 is 13.7 Å². The third kappa shape index (κ3) is 3.52. The van der Waals surface area contributed by atoms with Gasteiger partial charge in [0.2, 0.25) is 11.7 Å². The first kappa shape index (κ1) is 18.0. The Bertz CT molecular complexity index is 1050. The predicted molar refractivity (Wildman–Crippen MR) is 106 cm³/mol. The molecule has 2 atom stereocenters. The lowest BCUT2D eigenvalue weighted by Gasteiger charge is -2.28. The van der Waals surface area contributed by atoms with Crippen molar-refractivity contribution in [3.63, 3.8) is 0 Å². The molecule has 9 nitrogen and oxygen atoms in total. The molecule has 10 heteroatoms. The van der Waals surface area contributed by atoms with Gasteiger partial charge in [-0.05, 0) is 19.1 Å². The fourth-order valence-electron chi connectivity index (χ4n) is 3.31. The summed E-state index contributed by atoms with van der Waals surface area (Å²) < 4.78 is 10.8. The quantitative estimate of drug-likeness (QED) is 0.676. The summed E-state index contributed by atoms with van der Waals surface area (Å²) in [4.78, 5) is 16.7. The number of rotatable bonds is 4. The summed E-state index contributed by atoms with van der Waals surface area (Å²) in [7, 11) is 0. The topological polar surface area (TPSA) is 109 Å². The number of amidine groups is 1. The standard InChI is InChI=1S/C19H18N6O3S/c1-11-4-6-12(7-5-11)17-20-16(28-24-17)10-29-19-22-21-18(26)14-9-13(23-25(14)19)15-3-2-8-27-15/h2-8,13-14,23H,9-10H2,1H3,(H,21,26). The molecule has 1 saturated heterocycles. The van der Waals surface area contributed by atoms with E-state index in [0.29, 0.717) is 29.1 Å². The van der Waals surface area contributed by atoms with E-state index in [1.165, 1.54) is 17.3 Å². The third-order valence-corrected chi connectivity index (χ3v) is 5.76. The fraction of sp³-hybridized carbons (Fsp3) is 0.263. The number of hydrogen-bond donors (Lipinski definition) is 2. The maximum Gasteiger partial charge on any atom is 0.264 e. The van der Waals surface area contributed by atoms with Gasteiger partial charge in [-0.25, -0.2) is 10.9 Å². The molecule has 2 aliphatic rings. The first-order chi connectivity index (χ1) is 14.2. The molecule has 2 unspecified atom stereocenters. The normalized spacial score (nSPS) is 21.1. The second-order valence-electron chi connectivity index (χ2n) is 6.86. The number of carbonyl (C=O) groups is 1. The maximum absolute atomic E-state index is 12.2. The summed E-state index contributed by atoms with van der Waals surface area (Å²) in [6.45, 7) is 2.03. The highest BCUT2D eigenvalue weighted by Gasteiger charge is 2.42. The van der Waals surface area contributed by atoms with E-state index >= 15 is 0 Å². The number of fused-ring (bicyclic) bond motifs is 1. The Morgan fingerprint density at radius 2 is 2.14 bits per heavy atom. The Morgan fingerprint density at radius 3 is 2.93 bits per heavy atom. The number of nitrogens with zero attached hydrogens (tertiary/aromatic N) is 4. The number of hydrazone groups is 1. The summed E-state index contributed by atoms with van der Waals surface area (Å²) in [6, 6.07) is 11.2. The highest BCUT2D eigenvalue weighted by Crippen LogP contribution is 2.32. The molecule has 0 saturated carbocycles. The van der Waals surface area contributed by atoms with Gasteiger partial charge in [-0.1, -0.05) is 46.7 Å². The molecule has 1 amide bonds. The van der Waals surface area contributed by atoms with Gasteiger partial charge in [-0.2, -0.15) is 4.98 Å². The highest BCUT2D eigenvalue weighted by atomic mass is 32.2. The predicted octanol–water partition coefficient (Wildman–Crippen LogP) is 2.59. The van der Waals surface area contributed by atoms with Crippen LogP contribution in [-0.4, -0.2) is 32.3 Å². The SMILES string of the molecule is Cc1ccc(-c2noc(CSC3=NNC(=O)C4CC(c5ccco5)NN34)n2)cc1. The van der Waals surface area contributed by atoms with Crippen LogP contribution in [0.3, 0.4) is 0 Å². The number of carbonyl (C=O) groups excluding carboxylic acids is 1. The van der Waals surface area contributed by atoms with Gasteiger partial charge in [0.1, 0.15) is 11.8 Å². The van der Waals surface area contributed by atoms with Gasteiger partial charge in [-0.15, -0.1) is 5.10 Å². The van der Waals surface area contributed by atoms with E-state index in [9.17, 15) is 4.79 Å². The van der Waals surface area contributed by atoms with Gasteiger partial charge in [0, 0.05) is 12.0 Å². The minimum atomic E-state index is -0.351. The van der Waals surface area contributed by atoms with Crippen molar-refractivity contribution in [2.45, 2.75) is 31.2 Å². The van der Waals surface area contributed by atoms with E-state index in [1.54, 1.807) is 11.3 Å². The van der Waals surface area contributed by atoms with Crippen LogP contribution in [0.15, 0.2) is 56.7 Å². The zero-order valence-electron chi connectivity index (χ0n) is 15.5. The average molecular weight is 410 g/mol. The van der Waals surface area contributed by atoms with Crippen molar-refractivity contribution in [1.82, 2.24) is 26.0 Å². The molecule has 0 aliphatic carbocycles. The highest BCUT2D eigenvalue weighted by molar-refractivity contribution is 8.13. The molecule has 0 radical (unpaired) electrons. The molecule has 1 fully saturated rings. The van der Waals surface area contributed by atoms with Crippen molar-refractivity contribution in [3.8, 4) is 11.4 Å². The van der Waals surface area contributed by atoms with Crippen LogP contribution < -0.4 is 10.9 Å². The van der Waals surface area contributed by atoms with E-state index in [0.717, 1.165) is 11.3 Å². The lowest BCUT2D eigenvalue weighted by Crippen LogP contribution is -2.52. The number of aryl methyl sites for hydroxylation is 1. The average Bonchev–Trinajstić information content (AvgIpc) is 3.48. The molecular weight excluding hydrogens is 392 g/mol. The zero-order chi connectivity index (χ0) is 19.8. The Morgan fingerprint density at radius 1 is 1.28 bits per heavy atom. The summed E-state index contributed by atoms with van der Waals surface area (Å²) in [6.07, 6.45) is 2.22. The molecule has 29 heavy (non-hydrogen) atoms. The van der Waals surface area contributed by atoms with Crippen molar-refractivity contribution in [2.75, 3.05) is 0 Å². The maximum atomic E-state index is 12.2. The molecule has 2 aromatic heterocycles. The molecule has 2 aliphatic heterocycles. The lowest BCUT2D eigenvalue weighted by molar-refractivity contribution is -0.125. The van der Waals surface area contributed by atoms with Gasteiger partial charge in [-0.3, -0.25) is 9.80 Å². The van der Waals surface area contributed by atoms with E-state index in [2.05, 4.69) is 26.1 Å². The van der Waals surface area contributed by atoms with Crippen molar-refractivity contribution in [1.29, 1.82) is 0 Å². The second-order valence-corrected chi connectivity index (χ2v) is 7.80. The van der Waals surface area contributed by atoms with Gasteiger partial charge < -0.3 is 8.94 Å². The van der Waals surface area contributed by atoms with Crippen LogP contribution in [-0.2, 0) is 10.5 Å². The van der Waals surface area contributed by atoms with Crippen LogP contribution in [0.1, 0.15) is 29.7 Å². The number of thioether (sulfide) groups is 1. The van der Waals surface area contributed by atoms with Crippen molar-refractivity contribution in [2.24, 2.45) is 5.10 Å². The third-order valence-electron chi connectivity index (χ3n) is 4.83. The first-order valence-corrected chi connectivity index (χ1v) is 10.1. The van der Waals surface area contributed by atoms with Crippen molar-refractivity contribution >= 4 is 22.8 Å². The Kier molecular flexibility index (Phi) is 4.57. The van der Waals surface area contributed by atoms with Gasteiger partial charge in [0.05, 0.1) is 18.1 Å². The molecule has 2 N–H and O–H groups in total. The van der Waals surface area contributed by atoms with E-state index < -0.39 is 0 Å². The first-order valence-electron chi connectivity index (χ1n) is 9.16. The smallest absolute Gasteiger partial charge is 0.264 e. The molecule has 4 heterocycles. The number of hydrogen-bond acceptors (Lipinski definition) is 9. The largest absolute Gasteiger partial charge is 0.468 e. The van der Waals surface area contributed by atoms with Crippen LogP contribution in [0.2, 0.25) is 0 Å². The summed E-state index contributed by atoms with van der Waals surface area (Å²) in [5.74, 6) is 2.12. The second kappa shape index (κ2) is 7.37. The molecule has 5 rings (SSSR count). The molecular formula is C19H18N6O3S. The number of aromatic nitrogens is 2. The van der Waals surface area contributed by atoms with Gasteiger partial charge in [0.25, 0.3) is 5.91 Å². The molecule has 0 bridgehead atoms. The number of nitrogens with one attached hydrogen (secondary N) is 2. The van der Waals surface area contributed by atoms with Crippen LogP contribution in [0.5, 0.6) is 0 Å². The summed E-state index contributed by atoms with van der Waals surface area (Å²) in [5.41, 5.74) is 7.98. The molecule has 3 aromatic rings. The van der Waals surface area contributed by atoms with E-state index in [4.69, 9.17) is 8.94 Å². The minimum absolute atomic E-state index is 0.0822. The van der Waals surface area contributed by atoms with Crippen LogP contribution in [0.4, 0.5) is 0 Å². The number of amides is 1. The van der Waals surface area contributed by atoms with Crippen LogP contribution >= 0.6 is 11.8 Å². The Balaban J connectivity index is 1.27. The lowest BCUT2D eigenvalue weighted by atomic mass is 10.1. The van der Waals surface area contributed by atoms with Crippen molar-refractivity contribution in [3.05, 3.63) is 59.9 Å². The Labute approximate surface area is 170 Å². The summed E-state index contributed by atoms with van der Waals surface area (Å²) in [5, 5.41) is 10.7. The van der Waals surface area contributed by atoms with E-state index in [-0.39, 0.29) is 18.0 Å². The summed E-state index contributed by atoms with van der Waals surface area (Å²) >= 11 is 1.41. The van der Waals surface area contributed by atoms with E-state index in [1.807, 2.05) is 43.3 Å².